The zero-order valence-corrected chi connectivity index (χ0v) is 21.2. The van der Waals surface area contributed by atoms with E-state index in [4.69, 9.17) is 14.2 Å². The molecule has 1 aliphatic heterocycles. The standard InChI is InChI=1S/C30H35N3O4/c34-30(37-21-24-7-2-1-3-8-24)15-12-23-9-6-10-25(19-23)22-36-26-13-14-27(31-20-26)28-16-17-32-33(28)29-11-4-5-18-35-29/h1-3,7-8,12-17,20,23,25,29H,4-6,9-11,18-19,21-22H2/b15-12-. The van der Waals surface area contributed by atoms with Crippen LogP contribution in [-0.2, 0) is 20.9 Å². The van der Waals surface area contributed by atoms with Crippen LogP contribution in [0.4, 0.5) is 0 Å². The van der Waals surface area contributed by atoms with Crippen molar-refractivity contribution in [2.75, 3.05) is 13.2 Å². The number of carbonyl (C=O) groups is 1. The molecule has 0 amide bonds. The third kappa shape index (κ3) is 7.07. The Bertz CT molecular complexity index is 1150. The summed E-state index contributed by atoms with van der Waals surface area (Å²) in [6, 6.07) is 15.7. The number of esters is 1. The highest BCUT2D eigenvalue weighted by molar-refractivity contribution is 5.81. The molecule has 5 rings (SSSR count). The van der Waals surface area contributed by atoms with Gasteiger partial charge in [0, 0.05) is 18.9 Å². The van der Waals surface area contributed by atoms with E-state index in [-0.39, 0.29) is 12.2 Å². The van der Waals surface area contributed by atoms with Crippen LogP contribution >= 0.6 is 0 Å². The van der Waals surface area contributed by atoms with E-state index in [9.17, 15) is 4.79 Å². The molecule has 0 N–H and O–H groups in total. The van der Waals surface area contributed by atoms with Crippen molar-refractivity contribution in [3.63, 3.8) is 0 Å². The Morgan fingerprint density at radius 1 is 1.05 bits per heavy atom. The summed E-state index contributed by atoms with van der Waals surface area (Å²) in [6.45, 7) is 1.73. The molecule has 1 aromatic carbocycles. The van der Waals surface area contributed by atoms with Gasteiger partial charge in [-0.1, -0.05) is 42.8 Å². The predicted molar refractivity (Wildman–Crippen MR) is 141 cm³/mol. The van der Waals surface area contributed by atoms with Gasteiger partial charge in [-0.2, -0.15) is 5.10 Å². The highest BCUT2D eigenvalue weighted by atomic mass is 16.5. The predicted octanol–water partition coefficient (Wildman–Crippen LogP) is 6.13. The molecule has 3 unspecified atom stereocenters. The topological polar surface area (TPSA) is 75.5 Å². The largest absolute Gasteiger partial charge is 0.492 e. The summed E-state index contributed by atoms with van der Waals surface area (Å²) in [5.41, 5.74) is 2.81. The second kappa shape index (κ2) is 12.7. The van der Waals surface area contributed by atoms with E-state index in [1.807, 2.05) is 59.3 Å². The maximum atomic E-state index is 12.1. The molecule has 194 valence electrons. The van der Waals surface area contributed by atoms with Crippen molar-refractivity contribution in [3.05, 3.63) is 78.6 Å². The molecule has 1 saturated carbocycles. The zero-order valence-electron chi connectivity index (χ0n) is 21.2. The van der Waals surface area contributed by atoms with Crippen LogP contribution in [0.25, 0.3) is 11.4 Å². The van der Waals surface area contributed by atoms with Crippen LogP contribution in [-0.4, -0.2) is 33.9 Å². The quantitative estimate of drug-likeness (QED) is 0.259. The molecule has 1 saturated heterocycles. The Balaban J connectivity index is 1.09. The molecule has 2 aromatic heterocycles. The SMILES string of the molecule is O=C(/C=C\C1CCCC(COc2ccc(-c3ccnn3C3CCCCO3)nc2)C1)OCc1ccccc1. The smallest absolute Gasteiger partial charge is 0.330 e. The number of hydrogen-bond donors (Lipinski definition) is 0. The number of aromatic nitrogens is 3. The number of pyridine rings is 1. The Hall–Kier alpha value is -3.45. The summed E-state index contributed by atoms with van der Waals surface area (Å²) in [6.07, 6.45) is 14.8. The number of nitrogens with zero attached hydrogens (tertiary/aromatic N) is 3. The van der Waals surface area contributed by atoms with Gasteiger partial charge in [-0.25, -0.2) is 9.48 Å². The van der Waals surface area contributed by atoms with E-state index in [1.165, 1.54) is 0 Å². The van der Waals surface area contributed by atoms with Gasteiger partial charge in [0.1, 0.15) is 12.4 Å². The van der Waals surface area contributed by atoms with Gasteiger partial charge in [-0.05, 0) is 74.1 Å². The highest BCUT2D eigenvalue weighted by Gasteiger charge is 2.22. The highest BCUT2D eigenvalue weighted by Crippen LogP contribution is 2.31. The minimum atomic E-state index is -0.287. The summed E-state index contributed by atoms with van der Waals surface area (Å²) in [5, 5.41) is 4.48. The number of carbonyl (C=O) groups excluding carboxylic acids is 1. The van der Waals surface area contributed by atoms with Crippen molar-refractivity contribution in [2.24, 2.45) is 11.8 Å². The molecular formula is C30H35N3O4. The maximum absolute atomic E-state index is 12.1. The summed E-state index contributed by atoms with van der Waals surface area (Å²) < 4.78 is 19.3. The molecule has 7 heteroatoms. The number of allylic oxidation sites excluding steroid dienone is 1. The summed E-state index contributed by atoms with van der Waals surface area (Å²) >= 11 is 0. The van der Waals surface area contributed by atoms with Crippen molar-refractivity contribution >= 4 is 5.97 Å². The van der Waals surface area contributed by atoms with E-state index in [0.717, 1.165) is 74.3 Å². The summed E-state index contributed by atoms with van der Waals surface area (Å²) in [4.78, 5) is 16.8. The van der Waals surface area contributed by atoms with Gasteiger partial charge in [-0.3, -0.25) is 4.98 Å². The lowest BCUT2D eigenvalue weighted by molar-refractivity contribution is -0.139. The zero-order chi connectivity index (χ0) is 25.3. The molecule has 0 radical (unpaired) electrons. The monoisotopic (exact) mass is 501 g/mol. The van der Waals surface area contributed by atoms with Crippen molar-refractivity contribution in [1.29, 1.82) is 0 Å². The molecule has 7 nitrogen and oxygen atoms in total. The molecule has 3 heterocycles. The van der Waals surface area contributed by atoms with Crippen molar-refractivity contribution in [2.45, 2.75) is 57.8 Å². The van der Waals surface area contributed by atoms with Gasteiger partial charge in [0.15, 0.2) is 6.23 Å². The Morgan fingerprint density at radius 2 is 1.97 bits per heavy atom. The molecule has 2 fully saturated rings. The fraction of sp³-hybridized carbons (Fsp3) is 0.433. The van der Waals surface area contributed by atoms with Crippen molar-refractivity contribution in [3.8, 4) is 17.1 Å². The minimum absolute atomic E-state index is 0.0181. The van der Waals surface area contributed by atoms with Gasteiger partial charge >= 0.3 is 5.97 Å². The van der Waals surface area contributed by atoms with Gasteiger partial charge < -0.3 is 14.2 Å². The molecule has 1 aliphatic carbocycles. The maximum Gasteiger partial charge on any atom is 0.330 e. The van der Waals surface area contributed by atoms with Gasteiger partial charge in [0.2, 0.25) is 0 Å². The van der Waals surface area contributed by atoms with Crippen molar-refractivity contribution < 1.29 is 19.0 Å². The van der Waals surface area contributed by atoms with Crippen LogP contribution in [0.3, 0.4) is 0 Å². The minimum Gasteiger partial charge on any atom is -0.492 e. The van der Waals surface area contributed by atoms with E-state index < -0.39 is 0 Å². The van der Waals surface area contributed by atoms with Gasteiger partial charge in [0.25, 0.3) is 0 Å². The lowest BCUT2D eigenvalue weighted by Crippen LogP contribution is -2.20. The van der Waals surface area contributed by atoms with Gasteiger partial charge in [-0.15, -0.1) is 0 Å². The van der Waals surface area contributed by atoms with E-state index in [1.54, 1.807) is 18.5 Å². The van der Waals surface area contributed by atoms with E-state index >= 15 is 0 Å². The number of hydrogen-bond acceptors (Lipinski definition) is 6. The van der Waals surface area contributed by atoms with E-state index in [0.29, 0.717) is 25.0 Å². The van der Waals surface area contributed by atoms with Crippen LogP contribution in [0.2, 0.25) is 0 Å². The van der Waals surface area contributed by atoms with Crippen molar-refractivity contribution in [1.82, 2.24) is 14.8 Å². The van der Waals surface area contributed by atoms with Gasteiger partial charge in [0.05, 0.1) is 24.2 Å². The van der Waals surface area contributed by atoms with E-state index in [2.05, 4.69) is 10.1 Å². The number of benzene rings is 1. The Morgan fingerprint density at radius 3 is 2.78 bits per heavy atom. The Labute approximate surface area is 218 Å². The lowest BCUT2D eigenvalue weighted by Gasteiger charge is -2.27. The first kappa shape index (κ1) is 25.2. The number of ether oxygens (including phenoxy) is 3. The number of rotatable bonds is 9. The molecular weight excluding hydrogens is 466 g/mol. The Kier molecular flexibility index (Phi) is 8.64. The molecule has 37 heavy (non-hydrogen) atoms. The third-order valence-corrected chi connectivity index (χ3v) is 7.13. The molecule has 3 atom stereocenters. The summed E-state index contributed by atoms with van der Waals surface area (Å²) in [7, 11) is 0. The average molecular weight is 502 g/mol. The van der Waals surface area contributed by atoms with Crippen LogP contribution in [0.1, 0.15) is 56.7 Å². The fourth-order valence-electron chi connectivity index (χ4n) is 5.14. The normalized spacial score (nSPS) is 22.1. The van der Waals surface area contributed by atoms with Crippen LogP contribution in [0.15, 0.2) is 73.1 Å². The molecule has 0 spiro atoms. The van der Waals surface area contributed by atoms with Crippen LogP contribution in [0, 0.1) is 11.8 Å². The second-order valence-corrected chi connectivity index (χ2v) is 9.92. The first-order valence-electron chi connectivity index (χ1n) is 13.4. The first-order valence-corrected chi connectivity index (χ1v) is 13.4. The van der Waals surface area contributed by atoms with Crippen LogP contribution in [0.5, 0.6) is 5.75 Å². The third-order valence-electron chi connectivity index (χ3n) is 7.13. The lowest BCUT2D eigenvalue weighted by atomic mass is 9.81. The second-order valence-electron chi connectivity index (χ2n) is 9.92. The fourth-order valence-corrected chi connectivity index (χ4v) is 5.14. The van der Waals surface area contributed by atoms with Crippen LogP contribution < -0.4 is 4.74 Å². The molecule has 2 aliphatic rings. The molecule has 3 aromatic rings. The summed E-state index contributed by atoms with van der Waals surface area (Å²) in [5.74, 6) is 1.30. The first-order chi connectivity index (χ1) is 18.2. The molecule has 0 bridgehead atoms. The average Bonchev–Trinajstić information content (AvgIpc) is 3.46.